The summed E-state index contributed by atoms with van der Waals surface area (Å²) >= 11 is 6.01. The predicted octanol–water partition coefficient (Wildman–Crippen LogP) is 4.33. The van der Waals surface area contributed by atoms with Crippen molar-refractivity contribution in [1.82, 2.24) is 4.90 Å². The van der Waals surface area contributed by atoms with Gasteiger partial charge in [0, 0.05) is 23.2 Å². The Morgan fingerprint density at radius 2 is 1.92 bits per heavy atom. The fourth-order valence-corrected chi connectivity index (χ4v) is 2.62. The van der Waals surface area contributed by atoms with Crippen LogP contribution in [0.25, 0.3) is 0 Å². The first-order chi connectivity index (χ1) is 11.4. The van der Waals surface area contributed by atoms with E-state index in [0.29, 0.717) is 12.1 Å². The second-order valence-corrected chi connectivity index (χ2v) is 6.21. The summed E-state index contributed by atoms with van der Waals surface area (Å²) in [6.07, 6.45) is -0.0834. The molecule has 0 radical (unpaired) electrons. The van der Waals surface area contributed by atoms with Crippen LogP contribution < -0.4 is 0 Å². The summed E-state index contributed by atoms with van der Waals surface area (Å²) in [4.78, 5) is 14.3. The van der Waals surface area contributed by atoms with Gasteiger partial charge < -0.3 is 4.90 Å². The minimum Gasteiger partial charge on any atom is -0.336 e. The molecule has 2 rings (SSSR count). The molecule has 0 fully saturated rings. The van der Waals surface area contributed by atoms with Crippen molar-refractivity contribution in [2.45, 2.75) is 32.9 Å². The van der Waals surface area contributed by atoms with Crippen molar-refractivity contribution in [3.8, 4) is 6.07 Å². The van der Waals surface area contributed by atoms with Crippen LogP contribution in [0.3, 0.4) is 0 Å². The molecule has 0 bridgehead atoms. The minimum absolute atomic E-state index is 0.0429. The minimum atomic E-state index is -0.474. The molecule has 2 aromatic carbocycles. The molecule has 0 atom stereocenters. The van der Waals surface area contributed by atoms with E-state index in [4.69, 9.17) is 16.9 Å². The lowest BCUT2D eigenvalue weighted by Gasteiger charge is -2.27. The molecule has 0 heterocycles. The van der Waals surface area contributed by atoms with Crippen molar-refractivity contribution in [3.05, 3.63) is 70.0 Å². The maximum absolute atomic E-state index is 13.9. The predicted molar refractivity (Wildman–Crippen MR) is 92.0 cm³/mol. The normalized spacial score (nSPS) is 10.5. The van der Waals surface area contributed by atoms with Crippen molar-refractivity contribution in [1.29, 1.82) is 5.26 Å². The number of nitriles is 1. The number of benzene rings is 2. The molecular formula is C19H18ClFN2O. The molecule has 0 aromatic heterocycles. The highest BCUT2D eigenvalue weighted by molar-refractivity contribution is 6.31. The van der Waals surface area contributed by atoms with Crippen molar-refractivity contribution < 1.29 is 9.18 Å². The van der Waals surface area contributed by atoms with Crippen LogP contribution in [0.5, 0.6) is 0 Å². The van der Waals surface area contributed by atoms with Gasteiger partial charge >= 0.3 is 0 Å². The van der Waals surface area contributed by atoms with Crippen LogP contribution in [0.15, 0.2) is 42.5 Å². The number of nitrogens with zero attached hydrogens (tertiary/aromatic N) is 2. The lowest BCUT2D eigenvalue weighted by molar-refractivity contribution is -0.132. The molecule has 124 valence electrons. The van der Waals surface area contributed by atoms with Crippen LogP contribution in [-0.4, -0.2) is 16.8 Å². The Morgan fingerprint density at radius 3 is 2.46 bits per heavy atom. The number of hydrogen-bond acceptors (Lipinski definition) is 2. The van der Waals surface area contributed by atoms with Gasteiger partial charge in [-0.25, -0.2) is 4.39 Å². The summed E-state index contributed by atoms with van der Waals surface area (Å²) in [7, 11) is 0. The second kappa shape index (κ2) is 7.94. The van der Waals surface area contributed by atoms with Gasteiger partial charge in [0.15, 0.2) is 0 Å². The highest BCUT2D eigenvalue weighted by Crippen LogP contribution is 2.21. The fraction of sp³-hybridized carbons (Fsp3) is 0.263. The van der Waals surface area contributed by atoms with E-state index in [1.807, 2.05) is 26.0 Å². The molecular weight excluding hydrogens is 327 g/mol. The summed E-state index contributed by atoms with van der Waals surface area (Å²) < 4.78 is 13.9. The van der Waals surface area contributed by atoms with Crippen molar-refractivity contribution in [3.63, 3.8) is 0 Å². The average molecular weight is 345 g/mol. The van der Waals surface area contributed by atoms with E-state index >= 15 is 0 Å². The Bertz CT molecular complexity index is 746. The maximum Gasteiger partial charge on any atom is 0.227 e. The quantitative estimate of drug-likeness (QED) is 0.810. The van der Waals surface area contributed by atoms with Crippen molar-refractivity contribution >= 4 is 17.5 Å². The smallest absolute Gasteiger partial charge is 0.227 e. The Balaban J connectivity index is 2.17. The molecule has 3 nitrogen and oxygen atoms in total. The Hall–Kier alpha value is -2.38. The summed E-state index contributed by atoms with van der Waals surface area (Å²) in [6, 6.07) is 13.5. The van der Waals surface area contributed by atoms with Crippen LogP contribution >= 0.6 is 11.6 Å². The van der Waals surface area contributed by atoms with Crippen LogP contribution in [0.2, 0.25) is 5.02 Å². The second-order valence-electron chi connectivity index (χ2n) is 5.80. The van der Waals surface area contributed by atoms with E-state index in [-0.39, 0.29) is 29.0 Å². The number of hydrogen-bond donors (Lipinski definition) is 0. The molecule has 0 unspecified atom stereocenters. The maximum atomic E-state index is 13.9. The lowest BCUT2D eigenvalue weighted by Crippen LogP contribution is -2.37. The zero-order valence-electron chi connectivity index (χ0n) is 13.6. The van der Waals surface area contributed by atoms with Gasteiger partial charge in [-0.1, -0.05) is 29.8 Å². The average Bonchev–Trinajstić information content (AvgIpc) is 2.56. The van der Waals surface area contributed by atoms with Gasteiger partial charge in [-0.15, -0.1) is 0 Å². The first kappa shape index (κ1) is 18.0. The van der Waals surface area contributed by atoms with Crippen LogP contribution in [0.1, 0.15) is 30.5 Å². The molecule has 0 spiro atoms. The van der Waals surface area contributed by atoms with E-state index in [9.17, 15) is 9.18 Å². The van der Waals surface area contributed by atoms with Crippen molar-refractivity contribution in [2.75, 3.05) is 0 Å². The summed E-state index contributed by atoms with van der Waals surface area (Å²) in [5, 5.41) is 9.10. The van der Waals surface area contributed by atoms with Gasteiger partial charge in [-0.3, -0.25) is 4.79 Å². The Labute approximate surface area is 146 Å². The highest BCUT2D eigenvalue weighted by atomic mass is 35.5. The van der Waals surface area contributed by atoms with E-state index in [1.165, 1.54) is 12.1 Å². The van der Waals surface area contributed by atoms with Gasteiger partial charge in [-0.05, 0) is 43.7 Å². The van der Waals surface area contributed by atoms with E-state index < -0.39 is 5.82 Å². The Morgan fingerprint density at radius 1 is 1.25 bits per heavy atom. The summed E-state index contributed by atoms with van der Waals surface area (Å²) in [6.45, 7) is 4.21. The lowest BCUT2D eigenvalue weighted by atomic mass is 10.1. The van der Waals surface area contributed by atoms with Crippen LogP contribution in [0.4, 0.5) is 4.39 Å². The van der Waals surface area contributed by atoms with Gasteiger partial charge in [0.1, 0.15) is 5.82 Å². The molecule has 2 aromatic rings. The zero-order valence-corrected chi connectivity index (χ0v) is 14.3. The summed E-state index contributed by atoms with van der Waals surface area (Å²) in [5.41, 5.74) is 1.70. The van der Waals surface area contributed by atoms with Gasteiger partial charge in [0.05, 0.1) is 18.1 Å². The van der Waals surface area contributed by atoms with E-state index in [0.717, 1.165) is 5.56 Å². The molecule has 0 aliphatic heterocycles. The number of carbonyl (C=O) groups is 1. The third-order valence-corrected chi connectivity index (χ3v) is 4.12. The van der Waals surface area contributed by atoms with Gasteiger partial charge in [-0.2, -0.15) is 5.26 Å². The van der Waals surface area contributed by atoms with E-state index in [2.05, 4.69) is 6.07 Å². The molecule has 24 heavy (non-hydrogen) atoms. The number of amides is 1. The van der Waals surface area contributed by atoms with Crippen LogP contribution in [0, 0.1) is 17.1 Å². The molecule has 0 saturated carbocycles. The van der Waals surface area contributed by atoms with Gasteiger partial charge in [0.25, 0.3) is 0 Å². The first-order valence-corrected chi connectivity index (χ1v) is 8.01. The summed E-state index contributed by atoms with van der Waals surface area (Å²) in [5.74, 6) is -0.667. The first-order valence-electron chi connectivity index (χ1n) is 7.63. The standard InChI is InChI=1S/C19H18ClFN2O/c1-13(2)23(12-15-8-6-14(11-22)7-9-15)19(24)10-16-17(20)4-3-5-18(16)21/h3-9,13H,10,12H2,1-2H3. The number of rotatable bonds is 5. The zero-order chi connectivity index (χ0) is 17.7. The van der Waals surface area contributed by atoms with E-state index in [1.54, 1.807) is 23.1 Å². The fourth-order valence-electron chi connectivity index (χ4n) is 2.39. The largest absolute Gasteiger partial charge is 0.336 e. The molecule has 0 aliphatic rings. The van der Waals surface area contributed by atoms with Gasteiger partial charge in [0.2, 0.25) is 5.91 Å². The third kappa shape index (κ3) is 4.33. The molecule has 0 saturated heterocycles. The molecule has 0 N–H and O–H groups in total. The molecule has 0 aliphatic carbocycles. The molecule has 5 heteroatoms. The molecule has 1 amide bonds. The monoisotopic (exact) mass is 344 g/mol. The SMILES string of the molecule is CC(C)N(Cc1ccc(C#N)cc1)C(=O)Cc1c(F)cccc1Cl. The highest BCUT2D eigenvalue weighted by Gasteiger charge is 2.20. The Kier molecular flexibility index (Phi) is 5.94. The topological polar surface area (TPSA) is 44.1 Å². The van der Waals surface area contributed by atoms with Crippen LogP contribution in [-0.2, 0) is 17.8 Å². The number of halogens is 2. The van der Waals surface area contributed by atoms with Crippen molar-refractivity contribution in [2.24, 2.45) is 0 Å². The third-order valence-electron chi connectivity index (χ3n) is 3.77. The number of carbonyl (C=O) groups excluding carboxylic acids is 1.